The number of carbonyl (C=O) groups is 3. The van der Waals surface area contributed by atoms with E-state index in [1.807, 2.05) is 31.2 Å². The summed E-state index contributed by atoms with van der Waals surface area (Å²) in [5, 5.41) is 5.97. The van der Waals surface area contributed by atoms with Crippen molar-refractivity contribution < 1.29 is 14.4 Å². The second kappa shape index (κ2) is 11.2. The van der Waals surface area contributed by atoms with Crippen LogP contribution in [0.2, 0.25) is 0 Å². The topological polar surface area (TPSA) is 108 Å². The predicted molar refractivity (Wildman–Crippen MR) is 139 cm³/mol. The van der Waals surface area contributed by atoms with Crippen LogP contribution in [0.3, 0.4) is 0 Å². The number of benzene rings is 2. The number of carbonyl (C=O) groups excluding carboxylic acids is 3. The first kappa shape index (κ1) is 25.2. The van der Waals surface area contributed by atoms with E-state index in [0.717, 1.165) is 35.7 Å². The van der Waals surface area contributed by atoms with Gasteiger partial charge in [-0.05, 0) is 69.4 Å². The molecule has 35 heavy (non-hydrogen) atoms. The van der Waals surface area contributed by atoms with Gasteiger partial charge in [0.25, 0.3) is 11.8 Å². The monoisotopic (exact) mass is 541 g/mol. The van der Waals surface area contributed by atoms with Crippen molar-refractivity contribution in [2.24, 2.45) is 5.73 Å². The van der Waals surface area contributed by atoms with Gasteiger partial charge in [-0.25, -0.2) is 4.79 Å². The van der Waals surface area contributed by atoms with Gasteiger partial charge in [0.15, 0.2) is 6.17 Å². The number of nitrogens with two attached hydrogens (primary N) is 1. The zero-order valence-electron chi connectivity index (χ0n) is 19.9. The van der Waals surface area contributed by atoms with E-state index in [9.17, 15) is 14.4 Å². The summed E-state index contributed by atoms with van der Waals surface area (Å²) in [5.41, 5.74) is 8.08. The summed E-state index contributed by atoms with van der Waals surface area (Å²) in [5.74, 6) is -0.602. The van der Waals surface area contributed by atoms with Crippen LogP contribution in [0, 0.1) is 6.92 Å². The minimum atomic E-state index is -1.04. The Morgan fingerprint density at radius 3 is 2.40 bits per heavy atom. The number of nitrogens with zero attached hydrogens (tertiary/aromatic N) is 2. The fourth-order valence-corrected chi connectivity index (χ4v) is 5.18. The van der Waals surface area contributed by atoms with Crippen molar-refractivity contribution in [1.82, 2.24) is 15.1 Å². The van der Waals surface area contributed by atoms with E-state index in [4.69, 9.17) is 5.73 Å². The lowest BCUT2D eigenvalue weighted by molar-refractivity contribution is -0.133. The first-order valence-corrected chi connectivity index (χ1v) is 12.9. The number of urea groups is 1. The third-order valence-corrected chi connectivity index (χ3v) is 7.10. The minimum absolute atomic E-state index is 0.0184. The molecule has 0 bridgehead atoms. The number of rotatable bonds is 4. The fraction of sp³-hybridized carbons (Fsp3) is 0.423. The summed E-state index contributed by atoms with van der Waals surface area (Å²) in [7, 11) is 0. The lowest BCUT2D eigenvalue weighted by Crippen LogP contribution is -2.65. The summed E-state index contributed by atoms with van der Waals surface area (Å²) >= 11 is 3.41. The van der Waals surface area contributed by atoms with Crippen molar-refractivity contribution in [3.63, 3.8) is 0 Å². The summed E-state index contributed by atoms with van der Waals surface area (Å²) in [6.07, 6.45) is 2.79. The highest BCUT2D eigenvalue weighted by atomic mass is 79.9. The molecule has 1 heterocycles. The van der Waals surface area contributed by atoms with Crippen LogP contribution in [0.15, 0.2) is 53.0 Å². The smallest absolute Gasteiger partial charge is 0.323 e. The van der Waals surface area contributed by atoms with E-state index in [1.165, 1.54) is 9.80 Å². The molecule has 8 nitrogen and oxygen atoms in total. The van der Waals surface area contributed by atoms with E-state index >= 15 is 0 Å². The maximum atomic E-state index is 13.6. The zero-order chi connectivity index (χ0) is 24.9. The van der Waals surface area contributed by atoms with E-state index < -0.39 is 12.2 Å². The minimum Gasteiger partial charge on any atom is -0.350 e. The Balaban J connectivity index is 1.59. The molecular weight excluding hydrogens is 510 g/mol. The molecule has 9 heteroatoms. The Morgan fingerprint density at radius 1 is 0.971 bits per heavy atom. The van der Waals surface area contributed by atoms with Crippen molar-refractivity contribution in [1.29, 1.82) is 0 Å². The Morgan fingerprint density at radius 2 is 1.69 bits per heavy atom. The number of anilines is 1. The molecule has 2 aliphatic rings. The van der Waals surface area contributed by atoms with Crippen LogP contribution in [-0.2, 0) is 4.79 Å². The Labute approximate surface area is 214 Å². The van der Waals surface area contributed by atoms with Gasteiger partial charge in [0, 0.05) is 40.9 Å². The van der Waals surface area contributed by atoms with Gasteiger partial charge >= 0.3 is 6.03 Å². The van der Waals surface area contributed by atoms with Crippen molar-refractivity contribution in [3.8, 4) is 0 Å². The van der Waals surface area contributed by atoms with Crippen LogP contribution in [0.4, 0.5) is 10.5 Å². The van der Waals surface area contributed by atoms with E-state index in [0.29, 0.717) is 30.8 Å². The molecule has 1 saturated carbocycles. The van der Waals surface area contributed by atoms with Crippen LogP contribution in [0.1, 0.15) is 48.0 Å². The molecular formula is C26H32BrN5O3. The summed E-state index contributed by atoms with van der Waals surface area (Å²) < 4.78 is 0.829. The van der Waals surface area contributed by atoms with Gasteiger partial charge in [0.1, 0.15) is 0 Å². The van der Waals surface area contributed by atoms with Gasteiger partial charge in [-0.3, -0.25) is 14.5 Å². The number of amides is 4. The van der Waals surface area contributed by atoms with Gasteiger partial charge in [-0.15, -0.1) is 0 Å². The van der Waals surface area contributed by atoms with Crippen molar-refractivity contribution >= 4 is 39.5 Å². The number of hydrogen-bond donors (Lipinski definition) is 3. The molecule has 4 N–H and O–H groups in total. The van der Waals surface area contributed by atoms with E-state index in [2.05, 4.69) is 26.6 Å². The molecule has 2 aromatic carbocycles. The molecule has 0 spiro atoms. The van der Waals surface area contributed by atoms with Crippen molar-refractivity contribution in [2.45, 2.75) is 57.3 Å². The number of hydrogen-bond acceptors (Lipinski definition) is 4. The van der Waals surface area contributed by atoms with Crippen molar-refractivity contribution in [3.05, 3.63) is 64.1 Å². The molecule has 186 valence electrons. The number of aryl methyl sites for hydroxylation is 1. The van der Waals surface area contributed by atoms with Gasteiger partial charge in [-0.2, -0.15) is 0 Å². The SMILES string of the molecule is Cc1cccc(C(=O)N2CCCN(C(=O)Nc3cccc(Br)c3)C2C(=O)NC2CCC(N)CC2)c1. The molecule has 0 aromatic heterocycles. The lowest BCUT2D eigenvalue weighted by atomic mass is 9.91. The van der Waals surface area contributed by atoms with Crippen LogP contribution in [0.5, 0.6) is 0 Å². The molecule has 0 radical (unpaired) electrons. The predicted octanol–water partition coefficient (Wildman–Crippen LogP) is 3.85. The molecule has 1 atom stereocenters. The average Bonchev–Trinajstić information content (AvgIpc) is 2.84. The largest absolute Gasteiger partial charge is 0.350 e. The molecule has 1 unspecified atom stereocenters. The highest BCUT2D eigenvalue weighted by Gasteiger charge is 2.41. The quantitative estimate of drug-likeness (QED) is 0.546. The molecule has 2 aromatic rings. The van der Waals surface area contributed by atoms with Crippen molar-refractivity contribution in [2.75, 3.05) is 18.4 Å². The average molecular weight is 542 g/mol. The second-order valence-corrected chi connectivity index (χ2v) is 10.3. The van der Waals surface area contributed by atoms with Gasteiger partial charge in [-0.1, -0.05) is 39.7 Å². The molecule has 2 fully saturated rings. The Bertz CT molecular complexity index is 1090. The fourth-order valence-electron chi connectivity index (χ4n) is 4.78. The van der Waals surface area contributed by atoms with Gasteiger partial charge < -0.3 is 21.3 Å². The van der Waals surface area contributed by atoms with Gasteiger partial charge in [0.05, 0.1) is 0 Å². The summed E-state index contributed by atoms with van der Waals surface area (Å²) in [6.45, 7) is 2.68. The normalized spacial score (nSPS) is 22.4. The zero-order valence-corrected chi connectivity index (χ0v) is 21.5. The van der Waals surface area contributed by atoms with E-state index in [1.54, 1.807) is 24.3 Å². The van der Waals surface area contributed by atoms with Gasteiger partial charge in [0.2, 0.25) is 0 Å². The van der Waals surface area contributed by atoms with Crippen LogP contribution in [0.25, 0.3) is 0 Å². The highest BCUT2D eigenvalue weighted by Crippen LogP contribution is 2.23. The van der Waals surface area contributed by atoms with Crippen LogP contribution >= 0.6 is 15.9 Å². The lowest BCUT2D eigenvalue weighted by Gasteiger charge is -2.43. The first-order valence-electron chi connectivity index (χ1n) is 12.1. The summed E-state index contributed by atoms with van der Waals surface area (Å²) in [4.78, 5) is 43.5. The number of nitrogens with one attached hydrogen (secondary N) is 2. The second-order valence-electron chi connectivity index (χ2n) is 9.35. The first-order chi connectivity index (χ1) is 16.8. The third kappa shape index (κ3) is 6.21. The maximum absolute atomic E-state index is 13.6. The molecule has 1 aliphatic heterocycles. The maximum Gasteiger partial charge on any atom is 0.323 e. The highest BCUT2D eigenvalue weighted by molar-refractivity contribution is 9.10. The molecule has 4 rings (SSSR count). The third-order valence-electron chi connectivity index (χ3n) is 6.60. The van der Waals surface area contributed by atoms with E-state index in [-0.39, 0.29) is 23.9 Å². The number of halogens is 1. The Hall–Kier alpha value is -2.91. The van der Waals surface area contributed by atoms with Crippen LogP contribution < -0.4 is 16.4 Å². The van der Waals surface area contributed by atoms with Crippen LogP contribution in [-0.4, -0.2) is 59.0 Å². The molecule has 1 saturated heterocycles. The Kier molecular flexibility index (Phi) is 8.07. The summed E-state index contributed by atoms with van der Waals surface area (Å²) in [6, 6.07) is 14.3. The molecule has 4 amide bonds. The standard InChI is InChI=1S/C26H32BrN5O3/c1-17-5-2-6-18(15-17)25(34)31-13-4-14-32(26(35)30-22-8-3-7-19(27)16-22)24(31)23(33)29-21-11-9-20(28)10-12-21/h2-3,5-8,15-16,20-21,24H,4,9-14,28H2,1H3,(H,29,33)(H,30,35). The molecule has 1 aliphatic carbocycles.